The molecular weight excluding hydrogens is 359 g/mol. The molecule has 142 valence electrons. The maximum atomic E-state index is 12.4. The molecule has 1 aromatic carbocycles. The summed E-state index contributed by atoms with van der Waals surface area (Å²) in [5.74, 6) is 0.632. The molecule has 6 nitrogen and oxygen atoms in total. The van der Waals surface area contributed by atoms with Gasteiger partial charge in [0.1, 0.15) is 17.1 Å². The summed E-state index contributed by atoms with van der Waals surface area (Å²) in [4.78, 5) is 16.5. The molecule has 1 fully saturated rings. The molecule has 3 N–H and O–H groups in total. The number of rotatable bonds is 3. The standard InChI is InChI=1S/C18H18F3N5O/c19-18(20,21)27-13-7-3-10(4-8-13)14-15-17(24-9-23-15)26-16(25-14)11-1-5-12(22)6-2-11/h3-4,7-9,11-12H,1-2,5-6,22H2,(H,23,24,25,26). The van der Waals surface area contributed by atoms with E-state index in [0.29, 0.717) is 28.2 Å². The third kappa shape index (κ3) is 3.87. The molecule has 0 unspecified atom stereocenters. The number of halogens is 3. The maximum Gasteiger partial charge on any atom is 0.573 e. The molecule has 0 radical (unpaired) electrons. The highest BCUT2D eigenvalue weighted by molar-refractivity contribution is 5.87. The third-order valence-electron chi connectivity index (χ3n) is 4.80. The zero-order chi connectivity index (χ0) is 19.0. The number of aromatic nitrogens is 4. The normalized spacial score (nSPS) is 20.7. The Bertz CT molecular complexity index is 930. The van der Waals surface area contributed by atoms with Crippen molar-refractivity contribution in [3.8, 4) is 17.0 Å². The zero-order valence-corrected chi connectivity index (χ0v) is 14.3. The monoisotopic (exact) mass is 377 g/mol. The molecule has 0 bridgehead atoms. The molecule has 27 heavy (non-hydrogen) atoms. The number of H-pyrrole nitrogens is 1. The van der Waals surface area contributed by atoms with Crippen molar-refractivity contribution in [1.29, 1.82) is 0 Å². The smallest absolute Gasteiger partial charge is 0.406 e. The number of nitrogens with one attached hydrogen (secondary N) is 1. The molecule has 2 heterocycles. The average Bonchev–Trinajstić information content (AvgIpc) is 3.09. The van der Waals surface area contributed by atoms with E-state index in [0.717, 1.165) is 25.7 Å². The van der Waals surface area contributed by atoms with Gasteiger partial charge < -0.3 is 15.5 Å². The minimum atomic E-state index is -4.72. The molecule has 4 rings (SSSR count). The van der Waals surface area contributed by atoms with E-state index in [1.54, 1.807) is 12.1 Å². The highest BCUT2D eigenvalue weighted by Crippen LogP contribution is 2.34. The van der Waals surface area contributed by atoms with Crippen LogP contribution in [0, 0.1) is 0 Å². The molecule has 1 aliphatic rings. The van der Waals surface area contributed by atoms with Gasteiger partial charge in [-0.1, -0.05) is 0 Å². The summed E-state index contributed by atoms with van der Waals surface area (Å²) in [5.41, 5.74) is 8.44. The Balaban J connectivity index is 1.69. The summed E-state index contributed by atoms with van der Waals surface area (Å²) < 4.78 is 41.0. The van der Waals surface area contributed by atoms with Crippen molar-refractivity contribution in [2.24, 2.45) is 5.73 Å². The molecule has 0 aliphatic heterocycles. The SMILES string of the molecule is NC1CCC(c2nc(-c3ccc(OC(F)(F)F)cc3)c3[nH]cnc3n2)CC1. The number of nitrogens with zero attached hydrogens (tertiary/aromatic N) is 3. The second-order valence-electron chi connectivity index (χ2n) is 6.72. The van der Waals surface area contributed by atoms with Crippen LogP contribution >= 0.6 is 0 Å². The zero-order valence-electron chi connectivity index (χ0n) is 14.3. The Kier molecular flexibility index (Phi) is 4.47. The molecule has 0 spiro atoms. The molecule has 1 aliphatic carbocycles. The summed E-state index contributed by atoms with van der Waals surface area (Å²) >= 11 is 0. The lowest BCUT2D eigenvalue weighted by Crippen LogP contribution is -2.26. The van der Waals surface area contributed by atoms with Gasteiger partial charge in [0.05, 0.1) is 12.0 Å². The summed E-state index contributed by atoms with van der Waals surface area (Å²) in [5, 5.41) is 0. The minimum absolute atomic E-state index is 0.206. The van der Waals surface area contributed by atoms with Crippen LogP contribution in [0.15, 0.2) is 30.6 Å². The van der Waals surface area contributed by atoms with Crippen LogP contribution in [-0.2, 0) is 0 Å². The maximum absolute atomic E-state index is 12.4. The van der Waals surface area contributed by atoms with Crippen LogP contribution < -0.4 is 10.5 Å². The van der Waals surface area contributed by atoms with Gasteiger partial charge in [-0.15, -0.1) is 13.2 Å². The Morgan fingerprint density at radius 2 is 1.74 bits per heavy atom. The molecule has 9 heteroatoms. The number of imidazole rings is 1. The van der Waals surface area contributed by atoms with Crippen molar-refractivity contribution >= 4 is 11.2 Å². The number of hydrogen-bond donors (Lipinski definition) is 2. The van der Waals surface area contributed by atoms with Crippen LogP contribution in [-0.4, -0.2) is 32.3 Å². The number of ether oxygens (including phenoxy) is 1. The first kappa shape index (κ1) is 17.7. The number of benzene rings is 1. The van der Waals surface area contributed by atoms with Gasteiger partial charge in [-0.2, -0.15) is 0 Å². The first-order valence-corrected chi connectivity index (χ1v) is 8.72. The van der Waals surface area contributed by atoms with E-state index in [4.69, 9.17) is 10.7 Å². The Labute approximate surface area is 153 Å². The van der Waals surface area contributed by atoms with E-state index in [1.165, 1.54) is 18.5 Å². The predicted octanol–water partition coefficient (Wildman–Crippen LogP) is 3.90. The Hall–Kier alpha value is -2.68. The van der Waals surface area contributed by atoms with E-state index in [2.05, 4.69) is 19.7 Å². The van der Waals surface area contributed by atoms with E-state index in [1.807, 2.05) is 0 Å². The molecule has 3 aromatic rings. The van der Waals surface area contributed by atoms with Gasteiger partial charge in [0, 0.05) is 17.5 Å². The van der Waals surface area contributed by atoms with E-state index >= 15 is 0 Å². The van der Waals surface area contributed by atoms with Crippen molar-refractivity contribution in [3.05, 3.63) is 36.4 Å². The van der Waals surface area contributed by atoms with Gasteiger partial charge >= 0.3 is 6.36 Å². The number of aromatic amines is 1. The van der Waals surface area contributed by atoms with Crippen molar-refractivity contribution in [2.45, 2.75) is 44.0 Å². The second-order valence-corrected chi connectivity index (χ2v) is 6.72. The second kappa shape index (κ2) is 6.80. The summed E-state index contributed by atoms with van der Waals surface area (Å²) in [7, 11) is 0. The fraction of sp³-hybridized carbons (Fsp3) is 0.389. The lowest BCUT2D eigenvalue weighted by atomic mass is 9.86. The van der Waals surface area contributed by atoms with Gasteiger partial charge in [-0.25, -0.2) is 15.0 Å². The van der Waals surface area contributed by atoms with Crippen LogP contribution in [0.1, 0.15) is 37.4 Å². The van der Waals surface area contributed by atoms with E-state index in [9.17, 15) is 13.2 Å². The van der Waals surface area contributed by atoms with Gasteiger partial charge in [-0.3, -0.25) is 0 Å². The minimum Gasteiger partial charge on any atom is -0.406 e. The van der Waals surface area contributed by atoms with Crippen LogP contribution in [0.4, 0.5) is 13.2 Å². The fourth-order valence-electron chi connectivity index (χ4n) is 3.43. The first-order chi connectivity index (χ1) is 12.9. The van der Waals surface area contributed by atoms with Gasteiger partial charge in [0.2, 0.25) is 0 Å². The largest absolute Gasteiger partial charge is 0.573 e. The molecule has 0 saturated heterocycles. The number of fused-ring (bicyclic) bond motifs is 1. The van der Waals surface area contributed by atoms with E-state index in [-0.39, 0.29) is 17.7 Å². The fourth-order valence-corrected chi connectivity index (χ4v) is 3.43. The summed E-state index contributed by atoms with van der Waals surface area (Å²) in [6.07, 6.45) is 0.479. The molecule has 0 atom stereocenters. The van der Waals surface area contributed by atoms with Gasteiger partial charge in [-0.05, 0) is 49.9 Å². The molecular formula is C18H18F3N5O. The Morgan fingerprint density at radius 3 is 2.41 bits per heavy atom. The van der Waals surface area contributed by atoms with Crippen LogP contribution in [0.5, 0.6) is 5.75 Å². The van der Waals surface area contributed by atoms with Crippen LogP contribution in [0.25, 0.3) is 22.4 Å². The van der Waals surface area contributed by atoms with Crippen molar-refractivity contribution < 1.29 is 17.9 Å². The molecule has 2 aromatic heterocycles. The van der Waals surface area contributed by atoms with Crippen molar-refractivity contribution in [1.82, 2.24) is 19.9 Å². The lowest BCUT2D eigenvalue weighted by molar-refractivity contribution is -0.274. The predicted molar refractivity (Wildman–Crippen MR) is 93.0 cm³/mol. The van der Waals surface area contributed by atoms with Gasteiger partial charge in [0.15, 0.2) is 5.65 Å². The number of hydrogen-bond acceptors (Lipinski definition) is 5. The topological polar surface area (TPSA) is 89.7 Å². The molecule has 1 saturated carbocycles. The Morgan fingerprint density at radius 1 is 1.04 bits per heavy atom. The summed E-state index contributed by atoms with van der Waals surface area (Å²) in [6.45, 7) is 0. The molecule has 0 amide bonds. The third-order valence-corrected chi connectivity index (χ3v) is 4.80. The lowest BCUT2D eigenvalue weighted by Gasteiger charge is -2.25. The average molecular weight is 377 g/mol. The van der Waals surface area contributed by atoms with E-state index < -0.39 is 6.36 Å². The van der Waals surface area contributed by atoms with Crippen molar-refractivity contribution in [2.75, 3.05) is 0 Å². The quantitative estimate of drug-likeness (QED) is 0.722. The highest BCUT2D eigenvalue weighted by Gasteiger charge is 2.31. The first-order valence-electron chi connectivity index (χ1n) is 8.72. The van der Waals surface area contributed by atoms with Gasteiger partial charge in [0.25, 0.3) is 0 Å². The highest BCUT2D eigenvalue weighted by atomic mass is 19.4. The van der Waals surface area contributed by atoms with Crippen LogP contribution in [0.3, 0.4) is 0 Å². The number of alkyl halides is 3. The number of nitrogens with two attached hydrogens (primary N) is 1. The van der Waals surface area contributed by atoms with Crippen LogP contribution in [0.2, 0.25) is 0 Å². The summed E-state index contributed by atoms with van der Waals surface area (Å²) in [6, 6.07) is 5.85. The van der Waals surface area contributed by atoms with Crippen molar-refractivity contribution in [3.63, 3.8) is 0 Å².